The molecule has 4 rings (SSSR count). The van der Waals surface area contributed by atoms with Crippen molar-refractivity contribution in [3.63, 3.8) is 0 Å². The predicted molar refractivity (Wildman–Crippen MR) is 126 cm³/mol. The average Bonchev–Trinajstić information content (AvgIpc) is 3.40. The number of alkyl halides is 1. The van der Waals surface area contributed by atoms with E-state index in [1.807, 2.05) is 19.4 Å². The van der Waals surface area contributed by atoms with Crippen molar-refractivity contribution in [1.82, 2.24) is 19.5 Å². The maximum absolute atomic E-state index is 15.4. The fourth-order valence-corrected chi connectivity index (χ4v) is 4.51. The van der Waals surface area contributed by atoms with Crippen LogP contribution in [0.5, 0.6) is 0 Å². The molecule has 8 nitrogen and oxygen atoms in total. The Morgan fingerprint density at radius 1 is 1.36 bits per heavy atom. The number of carbonyl (C=O) groups excluding carboxylic acids is 1. The maximum atomic E-state index is 15.4. The van der Waals surface area contributed by atoms with Gasteiger partial charge >= 0.3 is 0 Å². The lowest BCUT2D eigenvalue weighted by atomic mass is 10.2. The molecule has 1 aliphatic heterocycles. The van der Waals surface area contributed by atoms with Crippen LogP contribution >= 0.6 is 8.15 Å². The van der Waals surface area contributed by atoms with Gasteiger partial charge in [-0.2, -0.15) is 0 Å². The highest BCUT2D eigenvalue weighted by Crippen LogP contribution is 2.41. The second kappa shape index (κ2) is 10.0. The molecule has 0 N–H and O–H groups in total. The third kappa shape index (κ3) is 4.67. The Hall–Kier alpha value is -2.74. The quantitative estimate of drug-likeness (QED) is 0.358. The van der Waals surface area contributed by atoms with Crippen molar-refractivity contribution in [2.24, 2.45) is 0 Å². The second-order valence-electron chi connectivity index (χ2n) is 7.81. The Morgan fingerprint density at radius 2 is 2.15 bits per heavy atom. The van der Waals surface area contributed by atoms with Gasteiger partial charge in [-0.05, 0) is 38.8 Å². The highest BCUT2D eigenvalue weighted by atomic mass is 31.1. The van der Waals surface area contributed by atoms with Crippen LogP contribution in [0.4, 0.5) is 10.2 Å². The Bertz CT molecular complexity index is 1150. The zero-order valence-electron chi connectivity index (χ0n) is 19.5. The first-order chi connectivity index (χ1) is 16.5. The van der Waals surface area contributed by atoms with Crippen LogP contribution in [0.1, 0.15) is 31.3 Å². The van der Waals surface area contributed by atoms with Crippen molar-refractivity contribution in [2.45, 2.75) is 37.9 Å². The highest BCUT2D eigenvalue weighted by Gasteiger charge is 2.46. The number of benzene rings is 1. The summed E-state index contributed by atoms with van der Waals surface area (Å²) in [7, 11) is -0.837. The van der Waals surface area contributed by atoms with E-state index in [9.17, 15) is 4.79 Å². The molecule has 0 aliphatic carbocycles. The number of nitrogens with zero attached hydrogens (tertiary/aromatic N) is 5. The lowest BCUT2D eigenvalue weighted by molar-refractivity contribution is -0.0122. The fourth-order valence-electron chi connectivity index (χ4n) is 3.77. The predicted octanol–water partition coefficient (Wildman–Crippen LogP) is 4.35. The monoisotopic (exact) mass is 472 g/mol. The summed E-state index contributed by atoms with van der Waals surface area (Å²) in [5.41, 5.74) is 1.20. The zero-order chi connectivity index (χ0) is 24.2. The molecule has 2 aromatic heterocycles. The Labute approximate surface area is 194 Å². The first kappa shape index (κ1) is 22.1. The number of amides is 1. The van der Waals surface area contributed by atoms with E-state index in [1.54, 1.807) is 30.3 Å². The van der Waals surface area contributed by atoms with E-state index in [2.05, 4.69) is 21.5 Å². The molecule has 10 heteroatoms. The number of carbonyl (C=O) groups is 1. The normalized spacial score (nSPS) is 23.1. The molecule has 4 atom stereocenters. The molecule has 3 aromatic rings. The van der Waals surface area contributed by atoms with Gasteiger partial charge in [-0.3, -0.25) is 14.3 Å². The zero-order valence-corrected chi connectivity index (χ0v) is 19.4. The Morgan fingerprint density at radius 3 is 2.85 bits per heavy atom. The van der Waals surface area contributed by atoms with Crippen molar-refractivity contribution < 1.29 is 19.8 Å². The molecule has 0 spiro atoms. The van der Waals surface area contributed by atoms with Gasteiger partial charge in [0.2, 0.25) is 0 Å². The van der Waals surface area contributed by atoms with E-state index in [0.29, 0.717) is 35.5 Å². The largest absolute Gasteiger partial charge is 0.351 e. The molecular formula is C23H27FN5O3P. The summed E-state index contributed by atoms with van der Waals surface area (Å²) >= 11 is 0. The van der Waals surface area contributed by atoms with Crippen LogP contribution in [0.3, 0.4) is 0 Å². The lowest BCUT2D eigenvalue weighted by Crippen LogP contribution is -2.33. The number of imidazole rings is 1. The van der Waals surface area contributed by atoms with Crippen molar-refractivity contribution in [1.29, 1.82) is 0 Å². The van der Waals surface area contributed by atoms with Gasteiger partial charge in [0.05, 0.1) is 12.4 Å². The molecule has 1 aliphatic rings. The molecule has 1 aromatic carbocycles. The third-order valence-electron chi connectivity index (χ3n) is 5.29. The van der Waals surface area contributed by atoms with Gasteiger partial charge in [0.25, 0.3) is 5.91 Å². The van der Waals surface area contributed by atoms with E-state index >= 15 is 4.39 Å². The topological polar surface area (TPSA) is 82.4 Å². The molecule has 3 heterocycles. The Balaban J connectivity index is 1.72. The summed E-state index contributed by atoms with van der Waals surface area (Å²) in [6, 6.07) is 8.89. The standard InChI is InChI=1S/C23H27FN5O3P/c1-5-6-12-28(22(30)16-10-8-7-9-11-16)20-18-21(26-13-25-20)29(14-27-18)23-17(24)19(15(2)31-23)32-33(3)4/h5,7-11,13-15,17,19,23H,1,6,12H2,2-4H3/t15-,17-,19-,23-/m1/s1/i2D. The summed E-state index contributed by atoms with van der Waals surface area (Å²) in [5.74, 6) is 0.0859. The summed E-state index contributed by atoms with van der Waals surface area (Å²) in [6.45, 7) is 7.73. The Kier molecular flexibility index (Phi) is 6.71. The van der Waals surface area contributed by atoms with Gasteiger partial charge in [0, 0.05) is 21.6 Å². The number of aromatic nitrogens is 4. The molecule has 33 heavy (non-hydrogen) atoms. The minimum absolute atomic E-state index is 0.126. The van der Waals surface area contributed by atoms with Crippen molar-refractivity contribution in [2.75, 3.05) is 24.8 Å². The highest BCUT2D eigenvalue weighted by molar-refractivity contribution is 7.50. The van der Waals surface area contributed by atoms with Gasteiger partial charge in [-0.25, -0.2) is 19.3 Å². The molecule has 174 valence electrons. The molecule has 1 amide bonds. The summed E-state index contributed by atoms with van der Waals surface area (Å²) in [6.07, 6.45) is 0.934. The number of rotatable bonds is 8. The number of anilines is 1. The third-order valence-corrected chi connectivity index (χ3v) is 5.96. The average molecular weight is 472 g/mol. The molecular weight excluding hydrogens is 444 g/mol. The van der Waals surface area contributed by atoms with Crippen LogP contribution in [0.2, 0.25) is 0 Å². The number of halogens is 1. The summed E-state index contributed by atoms with van der Waals surface area (Å²) in [4.78, 5) is 27.9. The van der Waals surface area contributed by atoms with Gasteiger partial charge in [0.1, 0.15) is 12.4 Å². The van der Waals surface area contributed by atoms with Gasteiger partial charge in [0.15, 0.2) is 29.4 Å². The van der Waals surface area contributed by atoms with Crippen LogP contribution in [0.15, 0.2) is 55.6 Å². The fraction of sp³-hybridized carbons (Fsp3) is 0.391. The molecule has 1 saturated heterocycles. The van der Waals surface area contributed by atoms with Gasteiger partial charge < -0.3 is 9.26 Å². The van der Waals surface area contributed by atoms with Crippen LogP contribution in [0.25, 0.3) is 11.2 Å². The van der Waals surface area contributed by atoms with E-state index in [4.69, 9.17) is 10.6 Å². The first-order valence-corrected chi connectivity index (χ1v) is 12.7. The van der Waals surface area contributed by atoms with E-state index in [1.165, 1.54) is 22.1 Å². The minimum Gasteiger partial charge on any atom is -0.351 e. The molecule has 1 fully saturated rings. The minimum atomic E-state index is -1.50. The van der Waals surface area contributed by atoms with E-state index < -0.39 is 32.8 Å². The number of fused-ring (bicyclic) bond motifs is 1. The van der Waals surface area contributed by atoms with Crippen LogP contribution < -0.4 is 4.90 Å². The van der Waals surface area contributed by atoms with Crippen LogP contribution in [-0.4, -0.2) is 63.7 Å². The maximum Gasteiger partial charge on any atom is 0.259 e. The molecule has 0 saturated carbocycles. The SMILES string of the molecule is [2H]C[C@H]1O[C@@H](n2cnc3c(N(CCC=C)C(=O)c4ccccc4)ncnc32)[C@H](F)[C@@H]1OP(C)C. The number of ether oxygens (including phenoxy) is 1. The molecule has 0 unspecified atom stereocenters. The summed E-state index contributed by atoms with van der Waals surface area (Å²) in [5, 5.41) is 0. The van der Waals surface area contributed by atoms with E-state index in [0.717, 1.165) is 0 Å². The first-order valence-electron chi connectivity index (χ1n) is 11.2. The van der Waals surface area contributed by atoms with Gasteiger partial charge in [-0.1, -0.05) is 24.3 Å². The molecule has 0 bridgehead atoms. The smallest absolute Gasteiger partial charge is 0.259 e. The van der Waals surface area contributed by atoms with E-state index in [-0.39, 0.29) is 12.8 Å². The van der Waals surface area contributed by atoms with Crippen LogP contribution in [0, 0.1) is 0 Å². The van der Waals surface area contributed by atoms with Crippen molar-refractivity contribution >= 4 is 31.0 Å². The lowest BCUT2D eigenvalue weighted by Gasteiger charge is -2.22. The molecule has 0 radical (unpaired) electrons. The summed E-state index contributed by atoms with van der Waals surface area (Å²) < 4.78 is 36.3. The van der Waals surface area contributed by atoms with Crippen molar-refractivity contribution in [3.05, 3.63) is 61.2 Å². The van der Waals surface area contributed by atoms with Gasteiger partial charge in [-0.15, -0.1) is 6.58 Å². The van der Waals surface area contributed by atoms with Crippen LogP contribution in [-0.2, 0) is 9.26 Å². The number of hydrogen-bond acceptors (Lipinski definition) is 6. The second-order valence-corrected chi connectivity index (χ2v) is 9.65. The number of hydrogen-bond donors (Lipinski definition) is 0. The van der Waals surface area contributed by atoms with Crippen molar-refractivity contribution in [3.8, 4) is 0 Å².